The molecule has 4 nitrogen and oxygen atoms in total. The molecular weight excluding hydrogens is 268 g/mol. The maximum atomic E-state index is 12.2. The van der Waals surface area contributed by atoms with E-state index in [0.29, 0.717) is 19.3 Å². The van der Waals surface area contributed by atoms with Gasteiger partial charge in [0.05, 0.1) is 10.8 Å². The largest absolute Gasteiger partial charge is 0.481 e. The number of hydrogen-bond donors (Lipinski definition) is 2. The molecule has 0 heterocycles. The molecule has 0 aromatic rings. The molecule has 0 radical (unpaired) electrons. The summed E-state index contributed by atoms with van der Waals surface area (Å²) in [6.07, 6.45) is 4.15. The highest BCUT2D eigenvalue weighted by atomic mass is 16.4. The van der Waals surface area contributed by atoms with Crippen molar-refractivity contribution in [2.75, 3.05) is 0 Å². The molecule has 0 fully saturated rings. The Bertz CT molecular complexity index is 454. The monoisotopic (exact) mass is 296 g/mol. The minimum atomic E-state index is -1.24. The molecule has 0 amide bonds. The number of carboxylic acid groups (broad SMARTS) is 2. The fourth-order valence-electron chi connectivity index (χ4n) is 4.63. The second kappa shape index (κ2) is 6.20. The van der Waals surface area contributed by atoms with Crippen molar-refractivity contribution >= 4 is 11.9 Å². The van der Waals surface area contributed by atoms with E-state index in [0.717, 1.165) is 12.0 Å². The number of aliphatic carboxylic acids is 2. The van der Waals surface area contributed by atoms with Gasteiger partial charge in [-0.15, -0.1) is 0 Å². The van der Waals surface area contributed by atoms with Crippen molar-refractivity contribution in [1.82, 2.24) is 0 Å². The van der Waals surface area contributed by atoms with Crippen LogP contribution < -0.4 is 0 Å². The SMILES string of the molecule is CCCC1(C(=O)O)C(C)C=C(CC)C(C)C1(CC)C(=O)O. The van der Waals surface area contributed by atoms with E-state index in [2.05, 4.69) is 0 Å². The lowest BCUT2D eigenvalue weighted by Crippen LogP contribution is -2.60. The summed E-state index contributed by atoms with van der Waals surface area (Å²) in [5.74, 6) is -2.49. The minimum absolute atomic E-state index is 0.260. The second-order valence-electron chi connectivity index (χ2n) is 6.26. The minimum Gasteiger partial charge on any atom is -0.481 e. The Morgan fingerprint density at radius 3 is 1.95 bits per heavy atom. The second-order valence-corrected chi connectivity index (χ2v) is 6.26. The molecule has 1 rings (SSSR count). The lowest BCUT2D eigenvalue weighted by molar-refractivity contribution is -0.187. The number of rotatable bonds is 6. The molecule has 120 valence electrons. The lowest BCUT2D eigenvalue weighted by Gasteiger charge is -2.54. The molecule has 0 saturated heterocycles. The Labute approximate surface area is 127 Å². The van der Waals surface area contributed by atoms with Gasteiger partial charge in [0.15, 0.2) is 0 Å². The highest BCUT2D eigenvalue weighted by Gasteiger charge is 2.66. The maximum Gasteiger partial charge on any atom is 0.311 e. The summed E-state index contributed by atoms with van der Waals surface area (Å²) in [4.78, 5) is 24.4. The first-order valence-corrected chi connectivity index (χ1v) is 7.93. The molecule has 4 unspecified atom stereocenters. The van der Waals surface area contributed by atoms with Crippen LogP contribution in [-0.2, 0) is 9.59 Å². The number of allylic oxidation sites excluding steroid dienone is 2. The Hall–Kier alpha value is -1.32. The number of carboxylic acids is 2. The standard InChI is InChI=1S/C17H28O4/c1-6-9-17(15(20)21)11(4)10-13(7-2)12(5)16(17,8-3)14(18)19/h10-12H,6-9H2,1-5H3,(H,18,19)(H,20,21). The third-order valence-corrected chi connectivity index (χ3v) is 5.71. The quantitative estimate of drug-likeness (QED) is 0.727. The van der Waals surface area contributed by atoms with Crippen LogP contribution in [-0.4, -0.2) is 22.2 Å². The van der Waals surface area contributed by atoms with Gasteiger partial charge in [0.1, 0.15) is 0 Å². The van der Waals surface area contributed by atoms with Gasteiger partial charge in [-0.1, -0.05) is 52.7 Å². The highest BCUT2D eigenvalue weighted by molar-refractivity contribution is 5.88. The van der Waals surface area contributed by atoms with Gasteiger partial charge in [-0.3, -0.25) is 9.59 Å². The first kappa shape index (κ1) is 17.7. The summed E-state index contributed by atoms with van der Waals surface area (Å²) in [6.45, 7) is 9.47. The zero-order chi connectivity index (χ0) is 16.4. The van der Waals surface area contributed by atoms with Crippen LogP contribution in [0.25, 0.3) is 0 Å². The van der Waals surface area contributed by atoms with Crippen LogP contribution in [0, 0.1) is 22.7 Å². The summed E-state index contributed by atoms with van der Waals surface area (Å²) < 4.78 is 0. The fourth-order valence-corrected chi connectivity index (χ4v) is 4.63. The van der Waals surface area contributed by atoms with Crippen LogP contribution in [0.3, 0.4) is 0 Å². The first-order valence-electron chi connectivity index (χ1n) is 7.93. The van der Waals surface area contributed by atoms with Crippen molar-refractivity contribution in [1.29, 1.82) is 0 Å². The lowest BCUT2D eigenvalue weighted by atomic mass is 9.46. The van der Waals surface area contributed by atoms with Gasteiger partial charge in [0, 0.05) is 0 Å². The van der Waals surface area contributed by atoms with Gasteiger partial charge in [-0.2, -0.15) is 0 Å². The summed E-state index contributed by atoms with van der Waals surface area (Å²) in [5, 5.41) is 20.0. The van der Waals surface area contributed by atoms with Crippen LogP contribution in [0.1, 0.15) is 60.3 Å². The maximum absolute atomic E-state index is 12.2. The van der Waals surface area contributed by atoms with Gasteiger partial charge >= 0.3 is 11.9 Å². The third-order valence-electron chi connectivity index (χ3n) is 5.71. The van der Waals surface area contributed by atoms with E-state index in [9.17, 15) is 19.8 Å². The van der Waals surface area contributed by atoms with Crippen LogP contribution >= 0.6 is 0 Å². The summed E-state index contributed by atoms with van der Waals surface area (Å²) in [6, 6.07) is 0. The molecule has 0 spiro atoms. The molecule has 0 saturated carbocycles. The van der Waals surface area contributed by atoms with Crippen LogP contribution in [0.5, 0.6) is 0 Å². The van der Waals surface area contributed by atoms with Crippen LogP contribution in [0.4, 0.5) is 0 Å². The van der Waals surface area contributed by atoms with Gasteiger partial charge in [0.25, 0.3) is 0 Å². The van der Waals surface area contributed by atoms with E-state index in [4.69, 9.17) is 0 Å². The Morgan fingerprint density at radius 2 is 1.62 bits per heavy atom. The normalized spacial score (nSPS) is 36.1. The van der Waals surface area contributed by atoms with Gasteiger partial charge in [0.2, 0.25) is 0 Å². The predicted octanol–water partition coefficient (Wildman–Crippen LogP) is 3.96. The predicted molar refractivity (Wildman–Crippen MR) is 82.0 cm³/mol. The molecule has 21 heavy (non-hydrogen) atoms. The zero-order valence-electron chi connectivity index (χ0n) is 13.8. The molecule has 0 aliphatic heterocycles. The average molecular weight is 296 g/mol. The van der Waals surface area contributed by atoms with E-state index in [1.54, 1.807) is 0 Å². The van der Waals surface area contributed by atoms with Gasteiger partial charge < -0.3 is 10.2 Å². The van der Waals surface area contributed by atoms with E-state index in [1.165, 1.54) is 0 Å². The van der Waals surface area contributed by atoms with Crippen molar-refractivity contribution in [3.63, 3.8) is 0 Å². The van der Waals surface area contributed by atoms with Crippen molar-refractivity contribution in [3.05, 3.63) is 11.6 Å². The van der Waals surface area contributed by atoms with E-state index < -0.39 is 22.8 Å². The molecular formula is C17H28O4. The van der Waals surface area contributed by atoms with Crippen molar-refractivity contribution in [3.8, 4) is 0 Å². The molecule has 1 aliphatic carbocycles. The molecule has 4 atom stereocenters. The fraction of sp³-hybridized carbons (Fsp3) is 0.765. The van der Waals surface area contributed by atoms with Gasteiger partial charge in [-0.05, 0) is 31.1 Å². The Balaban J connectivity index is 3.73. The Morgan fingerprint density at radius 1 is 1.10 bits per heavy atom. The molecule has 0 bridgehead atoms. The zero-order valence-corrected chi connectivity index (χ0v) is 13.8. The van der Waals surface area contributed by atoms with E-state index >= 15 is 0 Å². The van der Waals surface area contributed by atoms with E-state index in [-0.39, 0.29) is 11.8 Å². The molecule has 0 aromatic carbocycles. The van der Waals surface area contributed by atoms with Crippen molar-refractivity contribution in [2.45, 2.75) is 60.3 Å². The van der Waals surface area contributed by atoms with E-state index in [1.807, 2.05) is 40.7 Å². The van der Waals surface area contributed by atoms with Gasteiger partial charge in [-0.25, -0.2) is 0 Å². The first-order chi connectivity index (χ1) is 9.76. The summed E-state index contributed by atoms with van der Waals surface area (Å²) >= 11 is 0. The van der Waals surface area contributed by atoms with Crippen LogP contribution in [0.15, 0.2) is 11.6 Å². The number of hydrogen-bond acceptors (Lipinski definition) is 2. The average Bonchev–Trinajstić information content (AvgIpc) is 2.42. The molecule has 0 aromatic heterocycles. The van der Waals surface area contributed by atoms with Crippen molar-refractivity contribution in [2.24, 2.45) is 22.7 Å². The topological polar surface area (TPSA) is 74.6 Å². The third kappa shape index (κ3) is 2.19. The smallest absolute Gasteiger partial charge is 0.311 e. The molecule has 2 N–H and O–H groups in total. The van der Waals surface area contributed by atoms with Crippen molar-refractivity contribution < 1.29 is 19.8 Å². The number of carbonyl (C=O) groups is 2. The van der Waals surface area contributed by atoms with Crippen LogP contribution in [0.2, 0.25) is 0 Å². The summed E-state index contributed by atoms with van der Waals surface area (Å²) in [5.41, 5.74) is -1.41. The molecule has 4 heteroatoms. The Kier molecular flexibility index (Phi) is 5.24. The molecule has 1 aliphatic rings. The summed E-state index contributed by atoms with van der Waals surface area (Å²) in [7, 11) is 0. The highest BCUT2D eigenvalue weighted by Crippen LogP contribution is 2.60.